The Morgan fingerprint density at radius 3 is 2.44 bits per heavy atom. The zero-order chi connectivity index (χ0) is 24.5. The summed E-state index contributed by atoms with van der Waals surface area (Å²) in [5, 5.41) is 14.7. The Morgan fingerprint density at radius 1 is 1.00 bits per heavy atom. The van der Waals surface area contributed by atoms with E-state index in [1.54, 1.807) is 24.3 Å². The number of aryl methyl sites for hydroxylation is 1. The molecule has 2 amide bonds. The minimum Gasteiger partial charge on any atom is -0.493 e. The molecule has 7 nitrogen and oxygen atoms in total. The lowest BCUT2D eigenvalue weighted by molar-refractivity contribution is -0.118. The van der Waals surface area contributed by atoms with Crippen LogP contribution in [-0.4, -0.2) is 25.5 Å². The van der Waals surface area contributed by atoms with Gasteiger partial charge in [0.2, 0.25) is 0 Å². The van der Waals surface area contributed by atoms with E-state index in [4.69, 9.17) is 9.47 Å². The van der Waals surface area contributed by atoms with Gasteiger partial charge in [0.05, 0.1) is 7.11 Å². The summed E-state index contributed by atoms with van der Waals surface area (Å²) in [5.41, 5.74) is 2.41. The fraction of sp³-hybridized carbons (Fsp3) is 0.115. The molecule has 3 rings (SSSR count). The number of hydrogen-bond acceptors (Lipinski definition) is 5. The number of nitriles is 1. The molecule has 0 spiro atoms. The van der Waals surface area contributed by atoms with E-state index < -0.39 is 11.7 Å². The monoisotopic (exact) mass is 459 g/mol. The Bertz CT molecular complexity index is 1260. The highest BCUT2D eigenvalue weighted by atomic mass is 19.1. The minimum atomic E-state index is -0.638. The number of nitrogens with zero attached hydrogens (tertiary/aromatic N) is 1. The van der Waals surface area contributed by atoms with Gasteiger partial charge in [0.15, 0.2) is 18.1 Å². The number of carbonyl (C=O) groups excluding carboxylic acids is 2. The quantitative estimate of drug-likeness (QED) is 0.376. The number of hydrogen-bond donors (Lipinski definition) is 2. The molecule has 0 unspecified atom stereocenters. The fourth-order valence-corrected chi connectivity index (χ4v) is 3.00. The van der Waals surface area contributed by atoms with Gasteiger partial charge in [-0.25, -0.2) is 4.39 Å². The maximum atomic E-state index is 13.0. The van der Waals surface area contributed by atoms with Crippen molar-refractivity contribution in [1.29, 1.82) is 5.26 Å². The Hall–Kier alpha value is -4.64. The number of ether oxygens (including phenoxy) is 2. The summed E-state index contributed by atoms with van der Waals surface area (Å²) in [6, 6.07) is 19.2. The summed E-state index contributed by atoms with van der Waals surface area (Å²) in [6.45, 7) is 1.69. The van der Waals surface area contributed by atoms with Crippen molar-refractivity contribution in [2.45, 2.75) is 6.92 Å². The molecule has 0 fully saturated rings. The molecular formula is C26H22FN3O4. The van der Waals surface area contributed by atoms with Gasteiger partial charge in [0.25, 0.3) is 11.8 Å². The lowest BCUT2D eigenvalue weighted by Gasteiger charge is -2.12. The Labute approximate surface area is 196 Å². The third-order valence-electron chi connectivity index (χ3n) is 4.63. The van der Waals surface area contributed by atoms with Gasteiger partial charge in [-0.2, -0.15) is 5.26 Å². The molecule has 0 aromatic heterocycles. The second kappa shape index (κ2) is 11.3. The molecule has 0 aliphatic carbocycles. The molecule has 34 heavy (non-hydrogen) atoms. The number of nitrogens with one attached hydrogen (secondary N) is 2. The third kappa shape index (κ3) is 6.68. The normalized spacial score (nSPS) is 10.7. The summed E-state index contributed by atoms with van der Waals surface area (Å²) in [4.78, 5) is 24.6. The van der Waals surface area contributed by atoms with E-state index in [0.717, 1.165) is 5.56 Å². The molecule has 0 atom stereocenters. The topological polar surface area (TPSA) is 100 Å². The van der Waals surface area contributed by atoms with Crippen LogP contribution < -0.4 is 20.1 Å². The first kappa shape index (κ1) is 24.0. The van der Waals surface area contributed by atoms with Gasteiger partial charge >= 0.3 is 0 Å². The van der Waals surface area contributed by atoms with Crippen LogP contribution in [0.3, 0.4) is 0 Å². The first-order valence-electron chi connectivity index (χ1n) is 10.2. The molecule has 3 aromatic rings. The maximum Gasteiger partial charge on any atom is 0.266 e. The summed E-state index contributed by atoms with van der Waals surface area (Å²) >= 11 is 0. The highest BCUT2D eigenvalue weighted by Gasteiger charge is 2.12. The molecule has 8 heteroatoms. The standard InChI is InChI=1S/C26H22FN3O4/c1-17-4-3-5-22(12-17)29-25(31)16-34-23-11-6-18(14-24(23)33-2)13-19(15-28)26(32)30-21-9-7-20(27)8-10-21/h3-14H,16H2,1-2H3,(H,29,31)(H,30,32)/b19-13-. The SMILES string of the molecule is COc1cc(/C=C(/C#N)C(=O)Nc2ccc(F)cc2)ccc1OCC(=O)Nc1cccc(C)c1. The minimum absolute atomic E-state index is 0.155. The second-order valence-electron chi connectivity index (χ2n) is 7.25. The predicted molar refractivity (Wildman–Crippen MR) is 127 cm³/mol. The summed E-state index contributed by atoms with van der Waals surface area (Å²) < 4.78 is 23.9. The van der Waals surface area contributed by atoms with Gasteiger partial charge in [-0.3, -0.25) is 9.59 Å². The van der Waals surface area contributed by atoms with Gasteiger partial charge < -0.3 is 20.1 Å². The van der Waals surface area contributed by atoms with E-state index >= 15 is 0 Å². The highest BCUT2D eigenvalue weighted by Crippen LogP contribution is 2.29. The largest absolute Gasteiger partial charge is 0.493 e. The third-order valence-corrected chi connectivity index (χ3v) is 4.63. The van der Waals surface area contributed by atoms with E-state index in [-0.39, 0.29) is 18.1 Å². The van der Waals surface area contributed by atoms with Crippen molar-refractivity contribution in [2.75, 3.05) is 24.4 Å². The van der Waals surface area contributed by atoms with E-state index in [2.05, 4.69) is 10.6 Å². The van der Waals surface area contributed by atoms with E-state index in [0.29, 0.717) is 28.4 Å². The lowest BCUT2D eigenvalue weighted by atomic mass is 10.1. The van der Waals surface area contributed by atoms with Gasteiger partial charge in [-0.05, 0) is 72.7 Å². The first-order chi connectivity index (χ1) is 16.4. The Kier molecular flexibility index (Phi) is 7.97. The Morgan fingerprint density at radius 2 is 1.76 bits per heavy atom. The molecule has 172 valence electrons. The smallest absolute Gasteiger partial charge is 0.266 e. The van der Waals surface area contributed by atoms with E-state index in [1.807, 2.05) is 31.2 Å². The van der Waals surface area contributed by atoms with Gasteiger partial charge in [-0.1, -0.05) is 18.2 Å². The number of amides is 2. The van der Waals surface area contributed by atoms with E-state index in [1.165, 1.54) is 37.5 Å². The van der Waals surface area contributed by atoms with Crippen molar-refractivity contribution in [2.24, 2.45) is 0 Å². The molecular weight excluding hydrogens is 437 g/mol. The van der Waals surface area contributed by atoms with E-state index in [9.17, 15) is 19.2 Å². The molecule has 0 heterocycles. The zero-order valence-electron chi connectivity index (χ0n) is 18.6. The number of halogens is 1. The molecule has 0 aliphatic heterocycles. The van der Waals surface area contributed by atoms with Crippen LogP contribution in [0.1, 0.15) is 11.1 Å². The molecule has 0 radical (unpaired) electrons. The number of carbonyl (C=O) groups is 2. The van der Waals surface area contributed by atoms with Crippen molar-refractivity contribution < 1.29 is 23.5 Å². The van der Waals surface area contributed by atoms with Gasteiger partial charge in [0.1, 0.15) is 17.5 Å². The summed E-state index contributed by atoms with van der Waals surface area (Å²) in [5.74, 6) is -0.750. The molecule has 2 N–H and O–H groups in total. The summed E-state index contributed by atoms with van der Waals surface area (Å²) in [7, 11) is 1.44. The summed E-state index contributed by atoms with van der Waals surface area (Å²) in [6.07, 6.45) is 1.38. The van der Waals surface area contributed by atoms with Crippen LogP contribution in [0.4, 0.5) is 15.8 Å². The van der Waals surface area contributed by atoms with Crippen LogP contribution in [0.2, 0.25) is 0 Å². The average molecular weight is 459 g/mol. The van der Waals surface area contributed by atoms with Crippen LogP contribution in [0.25, 0.3) is 6.08 Å². The Balaban J connectivity index is 1.67. The molecule has 0 saturated carbocycles. The lowest BCUT2D eigenvalue weighted by Crippen LogP contribution is -2.20. The van der Waals surface area contributed by atoms with Gasteiger partial charge in [-0.15, -0.1) is 0 Å². The molecule has 0 bridgehead atoms. The van der Waals surface area contributed by atoms with Crippen LogP contribution in [0.15, 0.2) is 72.3 Å². The van der Waals surface area contributed by atoms with Crippen molar-refractivity contribution in [3.8, 4) is 17.6 Å². The van der Waals surface area contributed by atoms with Crippen molar-refractivity contribution in [3.63, 3.8) is 0 Å². The number of methoxy groups -OCH3 is 1. The van der Waals surface area contributed by atoms with Gasteiger partial charge in [0, 0.05) is 11.4 Å². The van der Waals surface area contributed by atoms with Crippen LogP contribution >= 0.6 is 0 Å². The first-order valence-corrected chi connectivity index (χ1v) is 10.2. The number of benzene rings is 3. The van der Waals surface area contributed by atoms with Crippen molar-refractivity contribution in [3.05, 3.63) is 89.2 Å². The highest BCUT2D eigenvalue weighted by molar-refractivity contribution is 6.09. The maximum absolute atomic E-state index is 13.0. The van der Waals surface area contributed by atoms with Crippen molar-refractivity contribution >= 4 is 29.3 Å². The second-order valence-corrected chi connectivity index (χ2v) is 7.25. The van der Waals surface area contributed by atoms with Crippen molar-refractivity contribution in [1.82, 2.24) is 0 Å². The number of rotatable bonds is 8. The van der Waals surface area contributed by atoms with Crippen LogP contribution in [0, 0.1) is 24.1 Å². The molecule has 0 saturated heterocycles. The van der Waals surface area contributed by atoms with Crippen LogP contribution in [0.5, 0.6) is 11.5 Å². The average Bonchev–Trinajstić information content (AvgIpc) is 2.82. The molecule has 3 aromatic carbocycles. The van der Waals surface area contributed by atoms with Crippen LogP contribution in [-0.2, 0) is 9.59 Å². The zero-order valence-corrected chi connectivity index (χ0v) is 18.6. The number of anilines is 2. The fourth-order valence-electron chi connectivity index (χ4n) is 3.00. The predicted octanol–water partition coefficient (Wildman–Crippen LogP) is 4.71. The molecule has 0 aliphatic rings.